The molecule has 0 aromatic heterocycles. The van der Waals surface area contributed by atoms with Crippen LogP contribution in [0.15, 0.2) is 39.9 Å². The van der Waals surface area contributed by atoms with Gasteiger partial charge in [0.2, 0.25) is 0 Å². The van der Waals surface area contributed by atoms with Gasteiger partial charge >= 0.3 is 0 Å². The van der Waals surface area contributed by atoms with Crippen molar-refractivity contribution < 1.29 is 4.79 Å². The lowest BCUT2D eigenvalue weighted by Gasteiger charge is -2.23. The predicted molar refractivity (Wildman–Crippen MR) is 148 cm³/mol. The van der Waals surface area contributed by atoms with E-state index in [1.807, 2.05) is 18.0 Å². The number of unbranched alkanes of at least 4 members (excludes halogenated alkanes) is 4. The van der Waals surface area contributed by atoms with Gasteiger partial charge in [0.1, 0.15) is 0 Å². The first-order chi connectivity index (χ1) is 15.7. The van der Waals surface area contributed by atoms with Crippen LogP contribution < -0.4 is 5.32 Å². The number of allylic oxidation sites excluding steroid dienone is 1. The van der Waals surface area contributed by atoms with Crippen molar-refractivity contribution in [1.29, 1.82) is 0 Å². The van der Waals surface area contributed by atoms with Gasteiger partial charge in [-0.2, -0.15) is 0 Å². The van der Waals surface area contributed by atoms with Crippen molar-refractivity contribution in [3.05, 3.63) is 46.0 Å². The minimum atomic E-state index is -0.0209. The van der Waals surface area contributed by atoms with Crippen molar-refractivity contribution in [1.82, 2.24) is 10.2 Å². The van der Waals surface area contributed by atoms with Crippen molar-refractivity contribution in [2.45, 2.75) is 91.9 Å². The maximum Gasteiger partial charge on any atom is 0.261 e. The average Bonchev–Trinajstić information content (AvgIpc) is 2.79. The predicted octanol–water partition coefficient (Wildman–Crippen LogP) is 6.75. The lowest BCUT2D eigenvalue weighted by Crippen LogP contribution is -2.35. The quantitative estimate of drug-likeness (QED) is 0.128. The lowest BCUT2D eigenvalue weighted by molar-refractivity contribution is -0.126. The molecule has 0 aliphatic carbocycles. The molecule has 1 amide bonds. The second kappa shape index (κ2) is 16.1. The van der Waals surface area contributed by atoms with Crippen LogP contribution in [0.1, 0.15) is 97.6 Å². The van der Waals surface area contributed by atoms with E-state index in [0.717, 1.165) is 51.0 Å². The summed E-state index contributed by atoms with van der Waals surface area (Å²) in [7, 11) is 0. The van der Waals surface area contributed by atoms with Crippen LogP contribution in [-0.2, 0) is 10.2 Å². The lowest BCUT2D eigenvalue weighted by atomic mass is 9.87. The molecule has 1 aromatic rings. The summed E-state index contributed by atoms with van der Waals surface area (Å²) in [6.07, 6.45) is 9.91. The van der Waals surface area contributed by atoms with Gasteiger partial charge in [0.05, 0.1) is 10.6 Å². The van der Waals surface area contributed by atoms with Crippen molar-refractivity contribution in [3.8, 4) is 0 Å². The number of nitrogens with one attached hydrogen (secondary N) is 1. The zero-order valence-corrected chi connectivity index (χ0v) is 22.8. The van der Waals surface area contributed by atoms with Crippen LogP contribution in [-0.4, -0.2) is 43.2 Å². The fourth-order valence-corrected chi connectivity index (χ4v) is 3.67. The molecule has 0 unspecified atom stereocenters. The Balaban J connectivity index is 2.68. The summed E-state index contributed by atoms with van der Waals surface area (Å²) in [6, 6.07) is 8.41. The third-order valence-electron chi connectivity index (χ3n) is 5.79. The molecule has 0 aliphatic rings. The molecule has 5 heteroatoms. The van der Waals surface area contributed by atoms with E-state index in [1.54, 1.807) is 0 Å². The van der Waals surface area contributed by atoms with E-state index >= 15 is 0 Å². The molecule has 1 N–H and O–H groups in total. The molecule has 0 radical (unpaired) electrons. The van der Waals surface area contributed by atoms with Crippen molar-refractivity contribution in [2.75, 3.05) is 26.2 Å². The number of carbonyl (C=O) groups is 1. The van der Waals surface area contributed by atoms with Gasteiger partial charge in [-0.05, 0) is 55.8 Å². The van der Waals surface area contributed by atoms with Crippen LogP contribution in [0.25, 0.3) is 0 Å². The first-order valence-corrected chi connectivity index (χ1v) is 13.2. The maximum absolute atomic E-state index is 13.1. The summed E-state index contributed by atoms with van der Waals surface area (Å²) in [5, 5.41) is 3.51. The van der Waals surface area contributed by atoms with E-state index < -0.39 is 0 Å². The smallest absolute Gasteiger partial charge is 0.261 e. The summed E-state index contributed by atoms with van der Waals surface area (Å²) in [5.74, 6) is -0.0209. The highest BCUT2D eigenvalue weighted by Gasteiger charge is 2.17. The number of nitrogens with zero attached hydrogens (tertiary/aromatic N) is 2. The Labute approximate surface area is 208 Å². The molecule has 1 aromatic carbocycles. The van der Waals surface area contributed by atoms with Crippen LogP contribution in [0.5, 0.6) is 0 Å². The molecule has 0 saturated heterocycles. The first kappa shape index (κ1) is 29.4. The van der Waals surface area contributed by atoms with E-state index in [2.05, 4.69) is 81.8 Å². The van der Waals surface area contributed by atoms with E-state index in [9.17, 15) is 4.79 Å². The molecule has 4 nitrogen and oxygen atoms in total. The number of carbonyl (C=O) groups excluding carboxylic acids is 1. The summed E-state index contributed by atoms with van der Waals surface area (Å²) in [6.45, 7) is 16.4. The molecule has 0 spiro atoms. The van der Waals surface area contributed by atoms with Gasteiger partial charge in [-0.15, -0.1) is 12.6 Å². The summed E-state index contributed by atoms with van der Waals surface area (Å²) >= 11 is 4.55. The Hall–Kier alpha value is -1.59. The Morgan fingerprint density at radius 1 is 0.970 bits per heavy atom. The fourth-order valence-electron chi connectivity index (χ4n) is 3.47. The highest BCUT2D eigenvalue weighted by Crippen LogP contribution is 2.22. The number of benzene rings is 1. The topological polar surface area (TPSA) is 44.7 Å². The van der Waals surface area contributed by atoms with Crippen LogP contribution >= 0.6 is 12.6 Å². The SMILES string of the molecule is CCCCCCNCCCN(CCCC)C(=O)/C(S)=C(\C)N=Cc1ccc(C(C)(C)C)cc1. The van der Waals surface area contributed by atoms with Gasteiger partial charge in [-0.1, -0.05) is 84.6 Å². The number of hydrogen-bond acceptors (Lipinski definition) is 4. The average molecular weight is 474 g/mol. The van der Waals surface area contributed by atoms with Gasteiger partial charge in [0, 0.05) is 19.3 Å². The van der Waals surface area contributed by atoms with Crippen LogP contribution in [0.2, 0.25) is 0 Å². The molecule has 0 saturated carbocycles. The molecule has 0 aliphatic heterocycles. The van der Waals surface area contributed by atoms with Crippen LogP contribution in [0.3, 0.4) is 0 Å². The Bertz CT molecular complexity index is 747. The molecule has 33 heavy (non-hydrogen) atoms. The third kappa shape index (κ3) is 11.9. The second-order valence-electron chi connectivity index (χ2n) is 9.87. The van der Waals surface area contributed by atoms with Crippen molar-refractivity contribution >= 4 is 24.8 Å². The van der Waals surface area contributed by atoms with Gasteiger partial charge in [-0.3, -0.25) is 9.79 Å². The Morgan fingerprint density at radius 3 is 2.18 bits per heavy atom. The molecule has 186 valence electrons. The number of rotatable bonds is 15. The zero-order valence-electron chi connectivity index (χ0n) is 21.9. The van der Waals surface area contributed by atoms with E-state index in [0.29, 0.717) is 10.6 Å². The maximum atomic E-state index is 13.1. The minimum Gasteiger partial charge on any atom is -0.338 e. The third-order valence-corrected chi connectivity index (χ3v) is 6.30. The van der Waals surface area contributed by atoms with Crippen molar-refractivity contribution in [3.63, 3.8) is 0 Å². The fraction of sp³-hybridized carbons (Fsp3) is 0.643. The number of aliphatic imine (C=N–C) groups is 1. The van der Waals surface area contributed by atoms with E-state index in [4.69, 9.17) is 0 Å². The monoisotopic (exact) mass is 473 g/mol. The largest absolute Gasteiger partial charge is 0.338 e. The Morgan fingerprint density at radius 2 is 1.58 bits per heavy atom. The number of amides is 1. The van der Waals surface area contributed by atoms with E-state index in [1.165, 1.54) is 31.2 Å². The molecular weight excluding hydrogens is 426 g/mol. The normalized spacial score (nSPS) is 12.8. The first-order valence-electron chi connectivity index (χ1n) is 12.7. The van der Waals surface area contributed by atoms with Gasteiger partial charge in [-0.25, -0.2) is 0 Å². The molecule has 0 fully saturated rings. The highest BCUT2D eigenvalue weighted by atomic mass is 32.1. The second-order valence-corrected chi connectivity index (χ2v) is 10.3. The molecule has 0 heterocycles. The van der Waals surface area contributed by atoms with Gasteiger partial charge in [0.25, 0.3) is 5.91 Å². The van der Waals surface area contributed by atoms with Gasteiger partial charge in [0.15, 0.2) is 0 Å². The molecule has 0 atom stereocenters. The Kier molecular flexibility index (Phi) is 14.4. The molecule has 0 bridgehead atoms. The van der Waals surface area contributed by atoms with Crippen molar-refractivity contribution in [2.24, 2.45) is 4.99 Å². The summed E-state index contributed by atoms with van der Waals surface area (Å²) in [5.41, 5.74) is 3.09. The summed E-state index contributed by atoms with van der Waals surface area (Å²) in [4.78, 5) is 20.0. The minimum absolute atomic E-state index is 0.0209. The number of thiol groups is 1. The van der Waals surface area contributed by atoms with Crippen LogP contribution in [0.4, 0.5) is 0 Å². The standard InChI is InChI=1S/C28H47N3OS/c1-7-9-11-12-18-29-19-13-21-31(20-10-8-2)27(32)26(33)23(3)30-22-24-14-16-25(17-15-24)28(4,5)6/h14-17,22,29,33H,7-13,18-21H2,1-6H3/b26-23-,30-22?. The van der Waals surface area contributed by atoms with Crippen LogP contribution in [0, 0.1) is 0 Å². The van der Waals surface area contributed by atoms with E-state index in [-0.39, 0.29) is 11.3 Å². The van der Waals surface area contributed by atoms with Gasteiger partial charge < -0.3 is 10.2 Å². The molecular formula is C28H47N3OS. The summed E-state index contributed by atoms with van der Waals surface area (Å²) < 4.78 is 0. The molecule has 1 rings (SSSR count). The number of hydrogen-bond donors (Lipinski definition) is 2. The zero-order chi connectivity index (χ0) is 24.7. The highest BCUT2D eigenvalue weighted by molar-refractivity contribution is 7.85.